The molecule has 0 aromatic heterocycles. The van der Waals surface area contributed by atoms with Gasteiger partial charge in [-0.3, -0.25) is 10.1 Å². The topological polar surface area (TPSA) is 83.5 Å². The Balaban J connectivity index is 1.88. The van der Waals surface area contributed by atoms with E-state index in [9.17, 15) is 18.3 Å². The van der Waals surface area contributed by atoms with E-state index in [1.165, 1.54) is 6.26 Å². The van der Waals surface area contributed by atoms with Crippen LogP contribution >= 0.6 is 0 Å². The summed E-state index contributed by atoms with van der Waals surface area (Å²) in [5, 5.41) is 12.5. The summed E-state index contributed by atoms with van der Waals surface area (Å²) in [6.07, 6.45) is 11.1. The van der Waals surface area contributed by atoms with Crippen molar-refractivity contribution in [3.8, 4) is 0 Å². The molecule has 0 amide bonds. The van der Waals surface area contributed by atoms with E-state index in [1.807, 2.05) is 25.2 Å². The van der Waals surface area contributed by atoms with E-state index in [4.69, 9.17) is 0 Å². The second kappa shape index (κ2) is 5.91. The van der Waals surface area contributed by atoms with E-state index >= 15 is 0 Å². The molecular weight excluding hydrogens is 314 g/mol. The fraction of sp³-hybridized carbons (Fsp3) is 0.588. The summed E-state index contributed by atoms with van der Waals surface area (Å²) in [6.45, 7) is 2.02. The van der Waals surface area contributed by atoms with Crippen LogP contribution in [0.2, 0.25) is 0 Å². The zero-order valence-corrected chi connectivity index (χ0v) is 14.2. The third-order valence-corrected chi connectivity index (χ3v) is 7.04. The Hall–Kier alpha value is -1.40. The molecule has 5 nitrogen and oxygen atoms in total. The van der Waals surface area contributed by atoms with Gasteiger partial charge >= 0.3 is 5.97 Å². The summed E-state index contributed by atoms with van der Waals surface area (Å²) in [7, 11) is -3.03. The summed E-state index contributed by atoms with van der Waals surface area (Å²) >= 11 is 0. The van der Waals surface area contributed by atoms with Crippen LogP contribution in [0.1, 0.15) is 26.2 Å². The predicted octanol–water partition coefficient (Wildman–Crippen LogP) is 1.68. The van der Waals surface area contributed by atoms with Gasteiger partial charge in [0.05, 0.1) is 5.25 Å². The van der Waals surface area contributed by atoms with Gasteiger partial charge in [0.15, 0.2) is 9.84 Å². The smallest absolute Gasteiger partial charge is 0.321 e. The van der Waals surface area contributed by atoms with Gasteiger partial charge in [0, 0.05) is 24.1 Å². The number of carboxylic acids is 1. The van der Waals surface area contributed by atoms with Gasteiger partial charge in [-0.2, -0.15) is 0 Å². The van der Waals surface area contributed by atoms with Gasteiger partial charge in [-0.05, 0) is 26.2 Å². The Morgan fingerprint density at radius 2 is 2.13 bits per heavy atom. The highest BCUT2D eigenvalue weighted by Gasteiger charge is 2.48. The van der Waals surface area contributed by atoms with Gasteiger partial charge in [-0.1, -0.05) is 35.5 Å². The van der Waals surface area contributed by atoms with E-state index < -0.39 is 21.8 Å². The molecule has 23 heavy (non-hydrogen) atoms. The van der Waals surface area contributed by atoms with Crippen LogP contribution in [0.3, 0.4) is 0 Å². The first kappa shape index (κ1) is 16.5. The van der Waals surface area contributed by atoms with Gasteiger partial charge < -0.3 is 5.11 Å². The normalized spacial score (nSPS) is 37.0. The molecule has 1 saturated heterocycles. The number of aliphatic carboxylic acids is 1. The summed E-state index contributed by atoms with van der Waals surface area (Å²) in [6, 6.07) is -0.559. The van der Waals surface area contributed by atoms with Crippen molar-refractivity contribution >= 4 is 15.8 Å². The van der Waals surface area contributed by atoms with Crippen molar-refractivity contribution in [2.45, 2.75) is 43.5 Å². The number of nitrogens with one attached hydrogen (secondary N) is 1. The second-order valence-corrected chi connectivity index (χ2v) is 9.19. The molecule has 5 atom stereocenters. The minimum atomic E-state index is -3.03. The van der Waals surface area contributed by atoms with Crippen LogP contribution in [0.15, 0.2) is 35.5 Å². The fourth-order valence-electron chi connectivity index (χ4n) is 4.15. The van der Waals surface area contributed by atoms with Crippen LogP contribution in [0.4, 0.5) is 0 Å². The van der Waals surface area contributed by atoms with Gasteiger partial charge in [-0.15, -0.1) is 0 Å². The molecule has 1 aliphatic heterocycles. The third-order valence-electron chi connectivity index (χ3n) is 5.40. The maximum Gasteiger partial charge on any atom is 0.321 e. The molecule has 6 heteroatoms. The quantitative estimate of drug-likeness (QED) is 0.766. The number of rotatable bonds is 3. The molecule has 0 saturated carbocycles. The van der Waals surface area contributed by atoms with Crippen molar-refractivity contribution in [2.75, 3.05) is 6.26 Å². The highest BCUT2D eigenvalue weighted by molar-refractivity contribution is 7.91. The summed E-state index contributed by atoms with van der Waals surface area (Å²) < 4.78 is 23.4. The van der Waals surface area contributed by atoms with Gasteiger partial charge in [0.25, 0.3) is 0 Å². The van der Waals surface area contributed by atoms with Gasteiger partial charge in [-0.25, -0.2) is 8.42 Å². The van der Waals surface area contributed by atoms with E-state index in [-0.39, 0.29) is 23.1 Å². The number of allylic oxidation sites excluding steroid dienone is 3. The number of fused-ring (bicyclic) bond motifs is 1. The average Bonchev–Trinajstić information content (AvgIpc) is 2.87. The van der Waals surface area contributed by atoms with Crippen molar-refractivity contribution in [1.82, 2.24) is 5.32 Å². The molecule has 0 radical (unpaired) electrons. The SMILES string of the molecule is CC1=CC=CC2C1NC(C(=O)O)C2C1=CCC(S(C)(=O)=O)CC1. The lowest BCUT2D eigenvalue weighted by molar-refractivity contribution is -0.139. The Bertz CT molecular complexity index is 704. The molecule has 2 aliphatic carbocycles. The van der Waals surface area contributed by atoms with Crippen LogP contribution in [0, 0.1) is 11.8 Å². The van der Waals surface area contributed by atoms with E-state index in [0.29, 0.717) is 19.3 Å². The van der Waals surface area contributed by atoms with Crippen LogP contribution in [-0.4, -0.2) is 43.1 Å². The van der Waals surface area contributed by atoms with Crippen molar-refractivity contribution < 1.29 is 18.3 Å². The predicted molar refractivity (Wildman–Crippen MR) is 88.8 cm³/mol. The highest BCUT2D eigenvalue weighted by Crippen LogP contribution is 2.42. The van der Waals surface area contributed by atoms with E-state index in [0.717, 1.165) is 11.1 Å². The number of hydrogen-bond donors (Lipinski definition) is 2. The standard InChI is InChI=1S/C17H23NO4S/c1-10-4-3-5-13-14(16(17(19)20)18-15(10)13)11-6-8-12(9-7-11)23(2,21)22/h3-6,12-16,18H,7-9H2,1-2H3,(H,19,20). The minimum absolute atomic E-state index is 0.0552. The molecule has 3 rings (SSSR count). The van der Waals surface area contributed by atoms with Crippen molar-refractivity contribution in [3.63, 3.8) is 0 Å². The summed E-state index contributed by atoms with van der Waals surface area (Å²) in [4.78, 5) is 11.7. The van der Waals surface area contributed by atoms with Crippen LogP contribution in [-0.2, 0) is 14.6 Å². The van der Waals surface area contributed by atoms with Crippen LogP contribution in [0.25, 0.3) is 0 Å². The van der Waals surface area contributed by atoms with Crippen molar-refractivity contribution in [3.05, 3.63) is 35.5 Å². The Morgan fingerprint density at radius 1 is 1.39 bits per heavy atom. The first-order valence-electron chi connectivity index (χ1n) is 8.00. The van der Waals surface area contributed by atoms with E-state index in [2.05, 4.69) is 11.4 Å². The molecular formula is C17H23NO4S. The molecule has 0 aromatic carbocycles. The average molecular weight is 337 g/mol. The van der Waals surface area contributed by atoms with Crippen LogP contribution in [0.5, 0.6) is 0 Å². The van der Waals surface area contributed by atoms with Gasteiger partial charge in [0.2, 0.25) is 0 Å². The lowest BCUT2D eigenvalue weighted by Crippen LogP contribution is -2.39. The maximum absolute atomic E-state index is 11.7. The molecule has 0 spiro atoms. The summed E-state index contributed by atoms with van der Waals surface area (Å²) in [5.41, 5.74) is 2.24. The minimum Gasteiger partial charge on any atom is -0.480 e. The van der Waals surface area contributed by atoms with Crippen LogP contribution < -0.4 is 5.32 Å². The number of carbonyl (C=O) groups is 1. The Labute approximate surface area is 137 Å². The fourth-order valence-corrected chi connectivity index (χ4v) is 5.14. The molecule has 1 fully saturated rings. The Kier molecular flexibility index (Phi) is 4.23. The van der Waals surface area contributed by atoms with Crippen molar-refractivity contribution in [1.29, 1.82) is 0 Å². The molecule has 3 aliphatic rings. The molecule has 5 unspecified atom stereocenters. The monoisotopic (exact) mass is 337 g/mol. The molecule has 126 valence electrons. The Morgan fingerprint density at radius 3 is 2.70 bits per heavy atom. The lowest BCUT2D eigenvalue weighted by atomic mass is 9.75. The third kappa shape index (κ3) is 3.02. The molecule has 2 N–H and O–H groups in total. The van der Waals surface area contributed by atoms with Gasteiger partial charge in [0.1, 0.15) is 6.04 Å². The zero-order chi connectivity index (χ0) is 16.8. The second-order valence-electron chi connectivity index (χ2n) is 6.86. The zero-order valence-electron chi connectivity index (χ0n) is 13.4. The van der Waals surface area contributed by atoms with Crippen molar-refractivity contribution in [2.24, 2.45) is 11.8 Å². The number of carboxylic acid groups (broad SMARTS) is 1. The first-order valence-corrected chi connectivity index (χ1v) is 9.96. The molecule has 0 aromatic rings. The molecule has 1 heterocycles. The molecule has 0 bridgehead atoms. The lowest BCUT2D eigenvalue weighted by Gasteiger charge is -2.30. The van der Waals surface area contributed by atoms with E-state index in [1.54, 1.807) is 0 Å². The highest BCUT2D eigenvalue weighted by atomic mass is 32.2. The number of hydrogen-bond acceptors (Lipinski definition) is 4. The maximum atomic E-state index is 11.7. The summed E-state index contributed by atoms with van der Waals surface area (Å²) in [5.74, 6) is -0.809. The number of sulfone groups is 1. The largest absolute Gasteiger partial charge is 0.480 e. The first-order chi connectivity index (χ1) is 10.8.